The standard InChI is InChI=1S/C35H56O3S2/c1-21(2)29-23(36)20-35(27(38)19-28-39-17-8-18-40-28)16-15-33(6)22(30(29)35)9-10-25-32(5)13-12-26(37)31(3,4)24(32)11-14-34(25,33)7/h21-22,24-28,37-38H,8-20H2,1-7H3/t22-,24+,25-,26+,27?,32+,33-,34-,35+/m1/s1. The van der Waals surface area contributed by atoms with Gasteiger partial charge in [-0.2, -0.15) is 0 Å². The van der Waals surface area contributed by atoms with Crippen LogP contribution in [0.2, 0.25) is 0 Å². The molecule has 1 saturated heterocycles. The lowest BCUT2D eigenvalue weighted by Crippen LogP contribution is -2.66. The summed E-state index contributed by atoms with van der Waals surface area (Å²) in [5, 5.41) is 23.1. The Labute approximate surface area is 252 Å². The highest BCUT2D eigenvalue weighted by Crippen LogP contribution is 2.77. The summed E-state index contributed by atoms with van der Waals surface area (Å²) in [6.45, 7) is 16.9. The molecule has 1 heterocycles. The maximum atomic E-state index is 13.9. The van der Waals surface area contributed by atoms with Crippen LogP contribution in [0.4, 0.5) is 0 Å². The van der Waals surface area contributed by atoms with E-state index in [2.05, 4.69) is 48.5 Å². The molecule has 2 N–H and O–H groups in total. The number of carbonyl (C=O) groups excluding carboxylic acids is 1. The monoisotopic (exact) mass is 588 g/mol. The molecule has 5 fully saturated rings. The molecule has 0 bridgehead atoms. The van der Waals surface area contributed by atoms with E-state index in [1.807, 2.05) is 23.5 Å². The maximum Gasteiger partial charge on any atom is 0.160 e. The van der Waals surface area contributed by atoms with E-state index in [4.69, 9.17) is 0 Å². The van der Waals surface area contributed by atoms with Crippen LogP contribution >= 0.6 is 23.5 Å². The molecule has 5 heteroatoms. The van der Waals surface area contributed by atoms with E-state index >= 15 is 0 Å². The number of hydrogen-bond donors (Lipinski definition) is 2. The Morgan fingerprint density at radius 3 is 2.25 bits per heavy atom. The van der Waals surface area contributed by atoms with Crippen LogP contribution in [0.1, 0.15) is 119 Å². The summed E-state index contributed by atoms with van der Waals surface area (Å²) in [6, 6.07) is 0. The normalized spacial score (nSPS) is 47.9. The molecule has 9 atom stereocenters. The van der Waals surface area contributed by atoms with Crippen molar-refractivity contribution >= 4 is 29.3 Å². The number of fused-ring (bicyclic) bond motifs is 7. The van der Waals surface area contributed by atoms with Gasteiger partial charge >= 0.3 is 0 Å². The van der Waals surface area contributed by atoms with Crippen molar-refractivity contribution in [1.29, 1.82) is 0 Å². The van der Waals surface area contributed by atoms with Crippen molar-refractivity contribution in [2.45, 2.75) is 136 Å². The zero-order valence-electron chi connectivity index (χ0n) is 26.4. The van der Waals surface area contributed by atoms with Crippen molar-refractivity contribution in [3.05, 3.63) is 11.1 Å². The van der Waals surface area contributed by atoms with Crippen molar-refractivity contribution < 1.29 is 15.0 Å². The van der Waals surface area contributed by atoms with Gasteiger partial charge in [0.2, 0.25) is 0 Å². The van der Waals surface area contributed by atoms with E-state index in [1.165, 1.54) is 42.8 Å². The minimum atomic E-state index is -0.422. The Bertz CT molecular complexity index is 1060. The molecule has 5 aliphatic carbocycles. The minimum Gasteiger partial charge on any atom is -0.393 e. The first-order valence-corrected chi connectivity index (χ1v) is 18.7. The molecule has 6 aliphatic rings. The van der Waals surface area contributed by atoms with Crippen LogP contribution in [0.5, 0.6) is 0 Å². The van der Waals surface area contributed by atoms with Gasteiger partial charge in [0.25, 0.3) is 0 Å². The Morgan fingerprint density at radius 2 is 1.57 bits per heavy atom. The molecule has 226 valence electrons. The number of rotatable bonds is 4. The second kappa shape index (κ2) is 10.0. The first-order valence-electron chi connectivity index (χ1n) is 16.6. The van der Waals surface area contributed by atoms with Gasteiger partial charge in [0, 0.05) is 11.8 Å². The topological polar surface area (TPSA) is 57.5 Å². The van der Waals surface area contributed by atoms with Crippen LogP contribution in [-0.2, 0) is 4.79 Å². The quantitative estimate of drug-likeness (QED) is 0.346. The Hall–Kier alpha value is 0.0300. The molecule has 0 aromatic carbocycles. The van der Waals surface area contributed by atoms with Gasteiger partial charge in [-0.1, -0.05) is 54.0 Å². The number of allylic oxidation sites excluding steroid dienone is 1. The lowest BCUT2D eigenvalue weighted by atomic mass is 9.33. The number of Topliss-reactive ketones (excluding diaryl/α,β-unsaturated/α-hetero) is 1. The van der Waals surface area contributed by atoms with Crippen molar-refractivity contribution in [2.24, 2.45) is 50.7 Å². The summed E-state index contributed by atoms with van der Waals surface area (Å²) in [4.78, 5) is 13.9. The maximum absolute atomic E-state index is 13.9. The summed E-state index contributed by atoms with van der Waals surface area (Å²) in [6.07, 6.45) is 11.0. The van der Waals surface area contributed by atoms with E-state index in [9.17, 15) is 15.0 Å². The summed E-state index contributed by atoms with van der Waals surface area (Å²) in [5.74, 6) is 4.57. The fraction of sp³-hybridized carbons (Fsp3) is 0.914. The van der Waals surface area contributed by atoms with Gasteiger partial charge in [0.15, 0.2) is 5.78 Å². The second-order valence-electron chi connectivity index (χ2n) is 16.5. The molecule has 4 saturated carbocycles. The van der Waals surface area contributed by atoms with Crippen LogP contribution in [0.3, 0.4) is 0 Å². The lowest BCUT2D eigenvalue weighted by molar-refractivity contribution is -0.230. The predicted molar refractivity (Wildman–Crippen MR) is 169 cm³/mol. The van der Waals surface area contributed by atoms with Gasteiger partial charge < -0.3 is 10.2 Å². The summed E-state index contributed by atoms with van der Waals surface area (Å²) >= 11 is 4.05. The number of hydrogen-bond acceptors (Lipinski definition) is 5. The highest BCUT2D eigenvalue weighted by atomic mass is 32.2. The molecule has 1 unspecified atom stereocenters. The first kappa shape index (κ1) is 30.1. The molecule has 0 amide bonds. The zero-order valence-corrected chi connectivity index (χ0v) is 28.0. The van der Waals surface area contributed by atoms with Crippen LogP contribution in [-0.4, -0.2) is 44.3 Å². The number of thioether (sulfide) groups is 2. The van der Waals surface area contributed by atoms with Gasteiger partial charge in [0.1, 0.15) is 0 Å². The summed E-state index contributed by atoms with van der Waals surface area (Å²) < 4.78 is 0.458. The van der Waals surface area contributed by atoms with Crippen LogP contribution in [0, 0.1) is 50.7 Å². The third-order valence-electron chi connectivity index (χ3n) is 14.4. The number of aliphatic hydroxyl groups excluding tert-OH is 2. The molecule has 3 nitrogen and oxygen atoms in total. The zero-order chi connectivity index (χ0) is 28.9. The van der Waals surface area contributed by atoms with Crippen molar-refractivity contribution in [1.82, 2.24) is 0 Å². The molecule has 6 rings (SSSR count). The SMILES string of the molecule is CC(C)C1=C2[C@H]3CC[C@@H]4[C@@]5(C)CC[C@H](O)C(C)(C)[C@@H]5CC[C@@]4(C)[C@]3(C)CC[C@@]2(C(O)CC2SCCCS2)CC1=O. The van der Waals surface area contributed by atoms with Gasteiger partial charge in [-0.05, 0) is 127 Å². The van der Waals surface area contributed by atoms with E-state index < -0.39 is 6.10 Å². The molecule has 40 heavy (non-hydrogen) atoms. The van der Waals surface area contributed by atoms with Crippen LogP contribution < -0.4 is 0 Å². The van der Waals surface area contributed by atoms with Crippen LogP contribution in [0.25, 0.3) is 0 Å². The van der Waals surface area contributed by atoms with Crippen molar-refractivity contribution in [2.75, 3.05) is 11.5 Å². The van der Waals surface area contributed by atoms with Crippen molar-refractivity contribution in [3.63, 3.8) is 0 Å². The van der Waals surface area contributed by atoms with E-state index in [0.717, 1.165) is 44.1 Å². The predicted octanol–water partition coefficient (Wildman–Crippen LogP) is 8.28. The van der Waals surface area contributed by atoms with E-state index in [0.29, 0.717) is 34.5 Å². The third-order valence-corrected chi connectivity index (χ3v) is 17.4. The smallest absolute Gasteiger partial charge is 0.160 e. The fourth-order valence-electron chi connectivity index (χ4n) is 12.2. The largest absolute Gasteiger partial charge is 0.393 e. The van der Waals surface area contributed by atoms with Gasteiger partial charge in [-0.3, -0.25) is 4.79 Å². The van der Waals surface area contributed by atoms with Gasteiger partial charge in [-0.15, -0.1) is 23.5 Å². The molecule has 0 aromatic rings. The summed E-state index contributed by atoms with van der Waals surface area (Å²) in [5.41, 5.74) is 2.76. The Kier molecular flexibility index (Phi) is 7.54. The van der Waals surface area contributed by atoms with Crippen LogP contribution in [0.15, 0.2) is 11.1 Å². The average molecular weight is 589 g/mol. The Morgan fingerprint density at radius 1 is 0.875 bits per heavy atom. The molecule has 1 aliphatic heterocycles. The number of ketones is 1. The molecular weight excluding hydrogens is 533 g/mol. The number of aliphatic hydroxyl groups is 2. The van der Waals surface area contributed by atoms with E-state index in [-0.39, 0.29) is 39.1 Å². The van der Waals surface area contributed by atoms with Gasteiger partial charge in [0.05, 0.1) is 16.8 Å². The van der Waals surface area contributed by atoms with E-state index in [1.54, 1.807) is 0 Å². The highest BCUT2D eigenvalue weighted by molar-refractivity contribution is 8.17. The lowest BCUT2D eigenvalue weighted by Gasteiger charge is -2.72. The second-order valence-corrected chi connectivity index (χ2v) is 19.4. The molecule has 0 spiro atoms. The van der Waals surface area contributed by atoms with Gasteiger partial charge in [-0.25, -0.2) is 0 Å². The minimum absolute atomic E-state index is 0.0295. The van der Waals surface area contributed by atoms with Crippen molar-refractivity contribution in [3.8, 4) is 0 Å². The first-order chi connectivity index (χ1) is 18.7. The third kappa shape index (κ3) is 4.01. The fourth-order valence-corrected chi connectivity index (χ4v) is 15.1. The molecule has 0 radical (unpaired) electrons. The Balaban J connectivity index is 1.39. The highest BCUT2D eigenvalue weighted by Gasteiger charge is 2.70. The number of carbonyl (C=O) groups is 1. The molecular formula is C35H56O3S2. The average Bonchev–Trinajstić information content (AvgIpc) is 3.21. The molecule has 0 aromatic heterocycles. The summed E-state index contributed by atoms with van der Waals surface area (Å²) in [7, 11) is 0.